The van der Waals surface area contributed by atoms with E-state index < -0.39 is 11.3 Å². The summed E-state index contributed by atoms with van der Waals surface area (Å²) in [4.78, 5) is 0. The molecule has 0 saturated heterocycles. The van der Waals surface area contributed by atoms with Crippen LogP contribution in [0.5, 0.6) is 0 Å². The molecular formula is C6H14ClNO2S. The van der Waals surface area contributed by atoms with Crippen molar-refractivity contribution in [1.29, 1.82) is 0 Å². The molecule has 0 aliphatic heterocycles. The lowest BCUT2D eigenvalue weighted by Gasteiger charge is -2.30. The summed E-state index contributed by atoms with van der Waals surface area (Å²) in [6.45, 7) is 6.03. The maximum absolute atomic E-state index is 10.7. The van der Waals surface area contributed by atoms with Gasteiger partial charge in [0.1, 0.15) is 0 Å². The van der Waals surface area contributed by atoms with Crippen molar-refractivity contribution in [3.63, 3.8) is 0 Å². The van der Waals surface area contributed by atoms with Crippen LogP contribution in [0.25, 0.3) is 0 Å². The molecule has 0 aliphatic rings. The number of rotatable bonds is 3. The van der Waals surface area contributed by atoms with Crippen molar-refractivity contribution in [2.24, 2.45) is 0 Å². The van der Waals surface area contributed by atoms with Gasteiger partial charge in [-0.1, -0.05) is 0 Å². The Hall–Kier alpha value is 0.360. The topological polar surface area (TPSA) is 40.5 Å². The lowest BCUT2D eigenvalue weighted by molar-refractivity contribution is 0.256. The van der Waals surface area contributed by atoms with Gasteiger partial charge in [-0.05, 0) is 20.8 Å². The lowest BCUT2D eigenvalue weighted by Crippen LogP contribution is -2.43. The zero-order valence-electron chi connectivity index (χ0n) is 7.00. The molecule has 0 bridgehead atoms. The van der Waals surface area contributed by atoms with Gasteiger partial charge in [0.05, 0.1) is 0 Å². The summed E-state index contributed by atoms with van der Waals surface area (Å²) >= 11 is 3.54. The van der Waals surface area contributed by atoms with E-state index in [1.165, 1.54) is 4.31 Å². The summed E-state index contributed by atoms with van der Waals surface area (Å²) in [5.41, 5.74) is -0.311. The Morgan fingerprint density at radius 3 is 2.09 bits per heavy atom. The van der Waals surface area contributed by atoms with E-state index in [-0.39, 0.29) is 5.54 Å². The van der Waals surface area contributed by atoms with E-state index in [0.717, 1.165) is 0 Å². The molecule has 3 nitrogen and oxygen atoms in total. The van der Waals surface area contributed by atoms with Crippen LogP contribution in [0.15, 0.2) is 0 Å². The fourth-order valence-electron chi connectivity index (χ4n) is 0.725. The van der Waals surface area contributed by atoms with Crippen LogP contribution < -0.4 is 0 Å². The zero-order chi connectivity index (χ0) is 9.07. The molecule has 0 aliphatic carbocycles. The summed E-state index contributed by atoms with van der Waals surface area (Å²) in [5.74, 6) is 0.365. The maximum Gasteiger partial charge on any atom is 0.235 e. The van der Waals surface area contributed by atoms with Crippen molar-refractivity contribution in [1.82, 2.24) is 4.31 Å². The average molecular weight is 200 g/mol. The summed E-state index contributed by atoms with van der Waals surface area (Å²) in [5, 5.41) is 0. The van der Waals surface area contributed by atoms with Crippen molar-refractivity contribution >= 4 is 22.9 Å². The molecule has 5 heteroatoms. The largest absolute Gasteiger partial charge is 0.294 e. The van der Waals surface area contributed by atoms with Crippen LogP contribution in [-0.2, 0) is 11.3 Å². The molecule has 0 spiro atoms. The third-order valence-corrected chi connectivity index (χ3v) is 2.50. The van der Waals surface area contributed by atoms with Crippen LogP contribution in [0.4, 0.5) is 0 Å². The number of halogens is 1. The minimum atomic E-state index is -1.92. The van der Waals surface area contributed by atoms with E-state index in [9.17, 15) is 4.21 Å². The molecular weight excluding hydrogens is 186 g/mol. The smallest absolute Gasteiger partial charge is 0.235 e. The molecule has 1 atom stereocenters. The van der Waals surface area contributed by atoms with Gasteiger partial charge < -0.3 is 0 Å². The first kappa shape index (κ1) is 11.4. The molecule has 0 amide bonds. The van der Waals surface area contributed by atoms with Gasteiger partial charge in [-0.2, -0.15) is 4.31 Å². The molecule has 0 saturated carbocycles. The molecule has 0 aromatic carbocycles. The molecule has 0 heterocycles. The Morgan fingerprint density at radius 1 is 1.55 bits per heavy atom. The van der Waals surface area contributed by atoms with E-state index >= 15 is 0 Å². The molecule has 0 radical (unpaired) electrons. The van der Waals surface area contributed by atoms with Crippen LogP contribution in [0.2, 0.25) is 0 Å². The standard InChI is InChI=1S/C6H14ClNO2S/c1-6(2,3)8(5-4-7)11(9)10/h4-5H2,1-3H3,(H,9,10). The van der Waals surface area contributed by atoms with Gasteiger partial charge in [0.2, 0.25) is 11.3 Å². The Kier molecular flexibility index (Phi) is 4.55. The van der Waals surface area contributed by atoms with Crippen molar-refractivity contribution in [3.05, 3.63) is 0 Å². The molecule has 0 rings (SSSR count). The van der Waals surface area contributed by atoms with Gasteiger partial charge >= 0.3 is 0 Å². The van der Waals surface area contributed by atoms with Gasteiger partial charge in [-0.15, -0.1) is 11.6 Å². The molecule has 1 unspecified atom stereocenters. The Morgan fingerprint density at radius 2 is 2.00 bits per heavy atom. The third-order valence-electron chi connectivity index (χ3n) is 1.22. The van der Waals surface area contributed by atoms with Crippen LogP contribution in [0, 0.1) is 0 Å². The van der Waals surface area contributed by atoms with Crippen LogP contribution in [0.1, 0.15) is 20.8 Å². The fraction of sp³-hybridized carbons (Fsp3) is 1.00. The second kappa shape index (κ2) is 4.40. The highest BCUT2D eigenvalue weighted by atomic mass is 35.5. The molecule has 1 N–H and O–H groups in total. The summed E-state index contributed by atoms with van der Waals surface area (Å²) < 4.78 is 21.0. The van der Waals surface area contributed by atoms with Gasteiger partial charge in [-0.25, -0.2) is 4.21 Å². The number of hydrogen-bond donors (Lipinski definition) is 1. The predicted molar refractivity (Wildman–Crippen MR) is 48.0 cm³/mol. The molecule has 0 fully saturated rings. The fourth-order valence-corrected chi connectivity index (χ4v) is 1.71. The van der Waals surface area contributed by atoms with Crippen molar-refractivity contribution in [2.75, 3.05) is 12.4 Å². The van der Waals surface area contributed by atoms with Crippen LogP contribution in [0.3, 0.4) is 0 Å². The van der Waals surface area contributed by atoms with E-state index in [2.05, 4.69) is 0 Å². The number of nitrogens with zero attached hydrogens (tertiary/aromatic N) is 1. The highest BCUT2D eigenvalue weighted by molar-refractivity contribution is 7.76. The first-order valence-corrected chi connectivity index (χ1v) is 4.94. The van der Waals surface area contributed by atoms with E-state index in [4.69, 9.17) is 16.2 Å². The Bertz CT molecular complexity index is 146. The van der Waals surface area contributed by atoms with Gasteiger partial charge in [0.25, 0.3) is 0 Å². The predicted octanol–water partition coefficient (Wildman–Crippen LogP) is 1.46. The molecule has 0 aromatic rings. The van der Waals surface area contributed by atoms with E-state index in [1.54, 1.807) is 0 Å². The van der Waals surface area contributed by atoms with Gasteiger partial charge in [-0.3, -0.25) is 4.55 Å². The maximum atomic E-state index is 10.7. The quantitative estimate of drug-likeness (QED) is 0.553. The summed E-state index contributed by atoms with van der Waals surface area (Å²) in [6.07, 6.45) is 0. The van der Waals surface area contributed by atoms with Crippen LogP contribution in [-0.4, -0.2) is 31.0 Å². The minimum absolute atomic E-state index is 0.311. The highest BCUT2D eigenvalue weighted by Crippen LogP contribution is 2.14. The monoisotopic (exact) mass is 199 g/mol. The minimum Gasteiger partial charge on any atom is -0.294 e. The Labute approximate surface area is 75.1 Å². The normalized spacial score (nSPS) is 15.5. The van der Waals surface area contributed by atoms with Crippen molar-refractivity contribution in [3.8, 4) is 0 Å². The number of alkyl halides is 1. The van der Waals surface area contributed by atoms with E-state index in [0.29, 0.717) is 12.4 Å². The first-order chi connectivity index (χ1) is 4.89. The van der Waals surface area contributed by atoms with Gasteiger partial charge in [0, 0.05) is 18.0 Å². The van der Waals surface area contributed by atoms with E-state index in [1.807, 2.05) is 20.8 Å². The Balaban J connectivity index is 4.22. The second-order valence-corrected chi connectivity index (χ2v) is 4.47. The zero-order valence-corrected chi connectivity index (χ0v) is 8.58. The van der Waals surface area contributed by atoms with Crippen molar-refractivity contribution < 1.29 is 8.76 Å². The van der Waals surface area contributed by atoms with Crippen LogP contribution >= 0.6 is 11.6 Å². The second-order valence-electron chi connectivity index (χ2n) is 3.19. The molecule has 0 aromatic heterocycles. The summed E-state index contributed by atoms with van der Waals surface area (Å²) in [7, 11) is 0. The molecule has 11 heavy (non-hydrogen) atoms. The summed E-state index contributed by atoms with van der Waals surface area (Å²) in [6, 6.07) is 0. The van der Waals surface area contributed by atoms with Gasteiger partial charge in [0.15, 0.2) is 0 Å². The first-order valence-electron chi connectivity index (χ1n) is 3.34. The number of hydrogen-bond acceptors (Lipinski definition) is 1. The average Bonchev–Trinajstić information content (AvgIpc) is 1.79. The molecule has 68 valence electrons. The lowest BCUT2D eigenvalue weighted by atomic mass is 10.1. The third kappa shape index (κ3) is 4.06. The van der Waals surface area contributed by atoms with Crippen molar-refractivity contribution in [2.45, 2.75) is 26.3 Å². The highest BCUT2D eigenvalue weighted by Gasteiger charge is 2.24. The SMILES string of the molecule is CC(C)(C)N(CCCl)S(=O)O.